The van der Waals surface area contributed by atoms with Crippen molar-refractivity contribution in [2.24, 2.45) is 16.8 Å². The second kappa shape index (κ2) is 7.92. The van der Waals surface area contributed by atoms with E-state index in [4.69, 9.17) is 10.9 Å². The van der Waals surface area contributed by atoms with Gasteiger partial charge in [-0.3, -0.25) is 4.79 Å². The number of hydrogen-bond acceptors (Lipinski definition) is 3. The van der Waals surface area contributed by atoms with Gasteiger partial charge in [-0.25, -0.2) is 0 Å². The van der Waals surface area contributed by atoms with Gasteiger partial charge in [0.25, 0.3) is 0 Å². The van der Waals surface area contributed by atoms with Crippen LogP contribution < -0.4 is 5.73 Å². The van der Waals surface area contributed by atoms with Crippen LogP contribution in [0.25, 0.3) is 0 Å². The monoisotopic (exact) mass is 243 g/mol. The van der Waals surface area contributed by atoms with E-state index in [0.29, 0.717) is 25.3 Å². The number of nitrogens with two attached hydrogens (primary N) is 1. The molecule has 0 heterocycles. The van der Waals surface area contributed by atoms with Gasteiger partial charge in [0, 0.05) is 25.4 Å². The van der Waals surface area contributed by atoms with Crippen LogP contribution in [0.4, 0.5) is 0 Å². The number of carbonyl (C=O) groups excluding carboxylic acids is 1. The fraction of sp³-hybridized carbons (Fsp3) is 0.833. The second-order valence-corrected chi connectivity index (χ2v) is 4.95. The summed E-state index contributed by atoms with van der Waals surface area (Å²) in [6.07, 6.45) is 1.86. The molecule has 0 radical (unpaired) electrons. The lowest BCUT2D eigenvalue weighted by Gasteiger charge is -2.27. The summed E-state index contributed by atoms with van der Waals surface area (Å²) in [6, 6.07) is 0.140. The van der Waals surface area contributed by atoms with Gasteiger partial charge in [0.15, 0.2) is 0 Å². The Labute approximate surface area is 104 Å². The summed E-state index contributed by atoms with van der Waals surface area (Å²) in [4.78, 5) is 13.8. The number of carbonyl (C=O) groups is 1. The van der Waals surface area contributed by atoms with Gasteiger partial charge in [-0.05, 0) is 26.2 Å². The fourth-order valence-electron chi connectivity index (χ4n) is 1.51. The average Bonchev–Trinajstić information content (AvgIpc) is 2.25. The summed E-state index contributed by atoms with van der Waals surface area (Å²) in [5, 5.41) is 11.4. The maximum absolute atomic E-state index is 12.0. The zero-order valence-corrected chi connectivity index (χ0v) is 11.3. The Morgan fingerprint density at radius 1 is 1.29 bits per heavy atom. The van der Waals surface area contributed by atoms with Crippen molar-refractivity contribution in [1.29, 1.82) is 0 Å². The van der Waals surface area contributed by atoms with Gasteiger partial charge >= 0.3 is 0 Å². The van der Waals surface area contributed by atoms with Crippen molar-refractivity contribution in [2.75, 3.05) is 6.54 Å². The van der Waals surface area contributed by atoms with Gasteiger partial charge in [0.1, 0.15) is 5.84 Å². The first-order valence-corrected chi connectivity index (χ1v) is 6.14. The third kappa shape index (κ3) is 6.81. The van der Waals surface area contributed by atoms with Gasteiger partial charge in [0.2, 0.25) is 5.91 Å². The Hall–Kier alpha value is -1.26. The maximum atomic E-state index is 12.0. The zero-order chi connectivity index (χ0) is 13.4. The Morgan fingerprint density at radius 2 is 1.88 bits per heavy atom. The van der Waals surface area contributed by atoms with Crippen LogP contribution in [0, 0.1) is 5.92 Å². The molecular formula is C12H25N3O2. The summed E-state index contributed by atoms with van der Waals surface area (Å²) in [5.41, 5.74) is 5.41. The number of nitrogens with zero attached hydrogens (tertiary/aromatic N) is 2. The molecule has 0 aromatic carbocycles. The Kier molecular flexibility index (Phi) is 7.34. The molecule has 0 aliphatic rings. The van der Waals surface area contributed by atoms with E-state index < -0.39 is 0 Å². The van der Waals surface area contributed by atoms with E-state index in [1.54, 1.807) is 4.90 Å². The fourth-order valence-corrected chi connectivity index (χ4v) is 1.51. The molecule has 0 saturated heterocycles. The van der Waals surface area contributed by atoms with Crippen LogP contribution >= 0.6 is 0 Å². The molecule has 0 spiro atoms. The minimum atomic E-state index is 0.138. The van der Waals surface area contributed by atoms with Gasteiger partial charge in [0.05, 0.1) is 0 Å². The van der Waals surface area contributed by atoms with Crippen LogP contribution in [0.3, 0.4) is 0 Å². The summed E-state index contributed by atoms with van der Waals surface area (Å²) in [5.74, 6) is 0.823. The van der Waals surface area contributed by atoms with Crippen LogP contribution in [0.15, 0.2) is 5.16 Å². The molecule has 1 amide bonds. The molecule has 0 aliphatic heterocycles. The first-order valence-electron chi connectivity index (χ1n) is 6.14. The van der Waals surface area contributed by atoms with E-state index >= 15 is 0 Å². The normalized spacial score (nSPS) is 12.2. The molecule has 3 N–H and O–H groups in total. The number of amides is 1. The molecule has 0 aliphatic carbocycles. The minimum absolute atomic E-state index is 0.138. The largest absolute Gasteiger partial charge is 0.409 e. The van der Waals surface area contributed by atoms with Crippen molar-refractivity contribution < 1.29 is 10.0 Å². The Balaban J connectivity index is 4.27. The maximum Gasteiger partial charge on any atom is 0.222 e. The first-order chi connectivity index (χ1) is 7.88. The number of hydrogen-bond donors (Lipinski definition) is 2. The summed E-state index contributed by atoms with van der Waals surface area (Å²) >= 11 is 0. The third-order valence-corrected chi connectivity index (χ3v) is 2.62. The highest BCUT2D eigenvalue weighted by Gasteiger charge is 2.17. The molecule has 0 rings (SSSR count). The van der Waals surface area contributed by atoms with Gasteiger partial charge in [-0.1, -0.05) is 19.0 Å². The van der Waals surface area contributed by atoms with Gasteiger partial charge < -0.3 is 15.8 Å². The Morgan fingerprint density at radius 3 is 2.29 bits per heavy atom. The van der Waals surface area contributed by atoms with Crippen molar-refractivity contribution in [3.05, 3.63) is 0 Å². The second-order valence-electron chi connectivity index (χ2n) is 4.95. The third-order valence-electron chi connectivity index (χ3n) is 2.62. The summed E-state index contributed by atoms with van der Waals surface area (Å²) in [7, 11) is 0. The molecule has 5 nitrogen and oxygen atoms in total. The predicted octanol–water partition coefficient (Wildman–Crippen LogP) is 1.80. The Bertz CT molecular complexity index is 262. The lowest BCUT2D eigenvalue weighted by Crippen LogP contribution is -2.39. The van der Waals surface area contributed by atoms with Crippen LogP contribution in [0.5, 0.6) is 0 Å². The van der Waals surface area contributed by atoms with Gasteiger partial charge in [-0.2, -0.15) is 0 Å². The predicted molar refractivity (Wildman–Crippen MR) is 68.9 cm³/mol. The van der Waals surface area contributed by atoms with E-state index in [1.165, 1.54) is 0 Å². The highest BCUT2D eigenvalue weighted by atomic mass is 16.4. The molecule has 0 saturated carbocycles. The molecule has 17 heavy (non-hydrogen) atoms. The zero-order valence-electron chi connectivity index (χ0n) is 11.3. The number of oxime groups is 1. The summed E-state index contributed by atoms with van der Waals surface area (Å²) < 4.78 is 0. The molecule has 0 atom stereocenters. The quantitative estimate of drug-likeness (QED) is 0.310. The smallest absolute Gasteiger partial charge is 0.222 e. The van der Waals surface area contributed by atoms with Crippen molar-refractivity contribution in [3.8, 4) is 0 Å². The van der Waals surface area contributed by atoms with Crippen LogP contribution in [0.2, 0.25) is 0 Å². The van der Waals surface area contributed by atoms with Crippen LogP contribution in [-0.2, 0) is 4.79 Å². The van der Waals surface area contributed by atoms with E-state index in [9.17, 15) is 4.79 Å². The molecule has 5 heteroatoms. The highest BCUT2D eigenvalue weighted by Crippen LogP contribution is 2.09. The molecule has 0 aromatic rings. The molecule has 0 unspecified atom stereocenters. The van der Waals surface area contributed by atoms with E-state index in [0.717, 1.165) is 6.42 Å². The topological polar surface area (TPSA) is 78.9 Å². The average molecular weight is 243 g/mol. The van der Waals surface area contributed by atoms with Crippen molar-refractivity contribution in [1.82, 2.24) is 4.90 Å². The van der Waals surface area contributed by atoms with Crippen LogP contribution in [0.1, 0.15) is 47.0 Å². The lowest BCUT2D eigenvalue weighted by molar-refractivity contribution is -0.133. The first kappa shape index (κ1) is 15.7. The molecule has 100 valence electrons. The summed E-state index contributed by atoms with van der Waals surface area (Å²) in [6.45, 7) is 8.65. The van der Waals surface area contributed by atoms with Crippen molar-refractivity contribution in [3.63, 3.8) is 0 Å². The number of rotatable bonds is 7. The highest BCUT2D eigenvalue weighted by molar-refractivity contribution is 5.81. The van der Waals surface area contributed by atoms with Crippen molar-refractivity contribution >= 4 is 11.7 Å². The molecule has 0 fully saturated rings. The minimum Gasteiger partial charge on any atom is -0.409 e. The van der Waals surface area contributed by atoms with Gasteiger partial charge in [-0.15, -0.1) is 0 Å². The van der Waals surface area contributed by atoms with Crippen molar-refractivity contribution in [2.45, 2.75) is 53.0 Å². The van der Waals surface area contributed by atoms with Crippen LogP contribution in [-0.4, -0.2) is 34.4 Å². The molecular weight excluding hydrogens is 218 g/mol. The van der Waals surface area contributed by atoms with E-state index in [2.05, 4.69) is 19.0 Å². The van der Waals surface area contributed by atoms with E-state index in [-0.39, 0.29) is 17.8 Å². The van der Waals surface area contributed by atoms with E-state index in [1.807, 2.05) is 13.8 Å². The molecule has 0 aromatic heterocycles. The standard InChI is InChI=1S/C12H25N3O2/c1-9(2)5-6-12(16)15(10(3)4)8-7-11(13)14-17/h9-10,17H,5-8H2,1-4H3,(H2,13,14). The molecule has 0 bridgehead atoms. The number of amidine groups is 1. The SMILES string of the molecule is CC(C)CCC(=O)N(CCC(N)=NO)C(C)C. The lowest BCUT2D eigenvalue weighted by atomic mass is 10.1.